The van der Waals surface area contributed by atoms with Gasteiger partial charge in [-0.2, -0.15) is 0 Å². The molecule has 0 radical (unpaired) electrons. The van der Waals surface area contributed by atoms with E-state index in [2.05, 4.69) is 64.6 Å². The molecule has 0 aliphatic heterocycles. The summed E-state index contributed by atoms with van der Waals surface area (Å²) in [6.07, 6.45) is 2.12. The fourth-order valence-corrected chi connectivity index (χ4v) is 3.99. The molecule has 0 aliphatic carbocycles. The van der Waals surface area contributed by atoms with Gasteiger partial charge in [0.2, 0.25) is 0 Å². The van der Waals surface area contributed by atoms with E-state index in [1.807, 2.05) is 24.3 Å². The zero-order valence-electron chi connectivity index (χ0n) is 16.3. The lowest BCUT2D eigenvalue weighted by Crippen LogP contribution is -3.00. The number of para-hydroxylation sites is 2. The summed E-state index contributed by atoms with van der Waals surface area (Å²) in [6.45, 7) is 3.90. The molecule has 1 heterocycles. The first-order valence-corrected chi connectivity index (χ1v) is 10.4. The zero-order valence-corrected chi connectivity index (χ0v) is 19.4. The molecule has 2 nitrogen and oxygen atoms in total. The van der Waals surface area contributed by atoms with Crippen molar-refractivity contribution in [2.45, 2.75) is 32.9 Å². The maximum absolute atomic E-state index is 6.08. The first-order valence-electron chi connectivity index (χ1n) is 9.64. The van der Waals surface area contributed by atoms with Crippen molar-refractivity contribution in [1.82, 2.24) is 4.57 Å². The van der Waals surface area contributed by atoms with Crippen LogP contribution in [0.5, 0.6) is 0 Å². The average Bonchev–Trinajstić information content (AvgIpc) is 2.99. The Bertz CT molecular complexity index is 1000. The normalized spacial score (nSPS) is 10.9. The number of rotatable bonds is 6. The Hall–Kier alpha value is -1.81. The lowest BCUT2D eigenvalue weighted by Gasteiger charge is -2.06. The molecule has 0 atom stereocenters. The highest BCUT2D eigenvalue weighted by Gasteiger charge is 2.24. The van der Waals surface area contributed by atoms with E-state index in [0.717, 1.165) is 36.0 Å². The van der Waals surface area contributed by atoms with Crippen molar-refractivity contribution in [1.29, 1.82) is 0 Å². The lowest BCUT2D eigenvalue weighted by atomic mass is 10.2. The van der Waals surface area contributed by atoms with E-state index in [0.29, 0.717) is 0 Å². The Balaban J connectivity index is 0.00000240. The van der Waals surface area contributed by atoms with Gasteiger partial charge in [-0.3, -0.25) is 0 Å². The summed E-state index contributed by atoms with van der Waals surface area (Å²) in [5, 5.41) is 1.54. The van der Waals surface area contributed by atoms with Gasteiger partial charge in [0.1, 0.15) is 13.1 Å². The molecule has 0 unspecified atom stereocenters. The summed E-state index contributed by atoms with van der Waals surface area (Å²) in [4.78, 5) is 0. The van der Waals surface area contributed by atoms with E-state index in [4.69, 9.17) is 23.2 Å². The van der Waals surface area contributed by atoms with Crippen LogP contribution >= 0.6 is 23.2 Å². The van der Waals surface area contributed by atoms with Gasteiger partial charge < -0.3 is 17.0 Å². The van der Waals surface area contributed by atoms with Gasteiger partial charge in [-0.1, -0.05) is 66.5 Å². The van der Waals surface area contributed by atoms with E-state index in [1.54, 1.807) is 0 Å². The van der Waals surface area contributed by atoms with Crippen LogP contribution in [0.25, 0.3) is 11.0 Å². The minimum atomic E-state index is 0. The van der Waals surface area contributed by atoms with Gasteiger partial charge in [0, 0.05) is 16.5 Å². The molecule has 4 aromatic rings. The van der Waals surface area contributed by atoms with Crippen molar-refractivity contribution in [3.63, 3.8) is 0 Å². The van der Waals surface area contributed by atoms with Crippen LogP contribution in [0.1, 0.15) is 30.3 Å². The molecule has 0 bridgehead atoms. The van der Waals surface area contributed by atoms with Crippen LogP contribution < -0.4 is 21.5 Å². The Morgan fingerprint density at radius 1 is 0.793 bits per heavy atom. The third kappa shape index (κ3) is 4.85. The van der Waals surface area contributed by atoms with Crippen molar-refractivity contribution >= 4 is 34.2 Å². The molecule has 0 aliphatic rings. The summed E-state index contributed by atoms with van der Waals surface area (Å²) in [5.74, 6) is 1.34. The first-order chi connectivity index (χ1) is 13.7. The van der Waals surface area contributed by atoms with Crippen LogP contribution in [0.15, 0.2) is 72.8 Å². The Kier molecular flexibility index (Phi) is 7.39. The summed E-state index contributed by atoms with van der Waals surface area (Å²) < 4.78 is 4.88. The van der Waals surface area contributed by atoms with Gasteiger partial charge in [0.25, 0.3) is 5.82 Å². The molecule has 3 aromatic carbocycles. The van der Waals surface area contributed by atoms with Gasteiger partial charge in [-0.25, -0.2) is 9.13 Å². The summed E-state index contributed by atoms with van der Waals surface area (Å²) in [7, 11) is 0. The minimum absolute atomic E-state index is 0. The van der Waals surface area contributed by atoms with Gasteiger partial charge in [-0.05, 0) is 53.9 Å². The summed E-state index contributed by atoms with van der Waals surface area (Å²) >= 11 is 12.2. The van der Waals surface area contributed by atoms with Gasteiger partial charge in [0.05, 0.1) is 0 Å². The second-order valence-electron chi connectivity index (χ2n) is 7.08. The molecule has 0 spiro atoms. The molecule has 0 saturated heterocycles. The minimum Gasteiger partial charge on any atom is -1.00 e. The molecule has 0 saturated carbocycles. The van der Waals surface area contributed by atoms with Crippen molar-refractivity contribution in [2.24, 2.45) is 0 Å². The van der Waals surface area contributed by atoms with Crippen LogP contribution in [0.4, 0.5) is 0 Å². The molecule has 0 amide bonds. The number of benzene rings is 3. The SMILES string of the molecule is CCCc1n(Cc2ccc(Cl)cc2)c2ccccc2[n+]1Cc1ccc(Cl)cc1.[Br-]. The number of halogens is 3. The number of hydrogen-bond donors (Lipinski definition) is 0. The quantitative estimate of drug-likeness (QED) is 0.367. The molecule has 1 aromatic heterocycles. The fourth-order valence-electron chi connectivity index (χ4n) is 3.74. The second kappa shape index (κ2) is 9.80. The lowest BCUT2D eigenvalue weighted by molar-refractivity contribution is -0.671. The van der Waals surface area contributed by atoms with Crippen LogP contribution in [0.3, 0.4) is 0 Å². The Morgan fingerprint density at radius 3 is 2.00 bits per heavy atom. The van der Waals surface area contributed by atoms with E-state index in [1.165, 1.54) is 28.0 Å². The van der Waals surface area contributed by atoms with Gasteiger partial charge >= 0.3 is 0 Å². The van der Waals surface area contributed by atoms with E-state index in [9.17, 15) is 0 Å². The Labute approximate surface area is 192 Å². The number of aromatic nitrogens is 2. The van der Waals surface area contributed by atoms with Crippen LogP contribution in [-0.4, -0.2) is 4.57 Å². The molecule has 29 heavy (non-hydrogen) atoms. The standard InChI is InChI=1S/C24H23Cl2N2.BrH/c1-2-5-24-27(16-18-8-12-20(25)13-9-18)22-6-3-4-7-23(22)28(24)17-19-10-14-21(26)15-11-19;/h3-4,6-15H,2,5,16-17H2,1H3;1H/q+1;/p-1. The number of nitrogens with zero attached hydrogens (tertiary/aromatic N) is 2. The monoisotopic (exact) mass is 488 g/mol. The van der Waals surface area contributed by atoms with Gasteiger partial charge in [-0.15, -0.1) is 0 Å². The zero-order chi connectivity index (χ0) is 19.5. The van der Waals surface area contributed by atoms with Gasteiger partial charge in [0.15, 0.2) is 11.0 Å². The van der Waals surface area contributed by atoms with Crippen molar-refractivity contribution in [3.05, 3.63) is 99.8 Å². The number of hydrogen-bond acceptors (Lipinski definition) is 0. The predicted octanol–water partition coefficient (Wildman–Crippen LogP) is 3.29. The maximum Gasteiger partial charge on any atom is 0.257 e. The second-order valence-corrected chi connectivity index (χ2v) is 7.95. The first kappa shape index (κ1) is 21.9. The third-order valence-corrected chi connectivity index (χ3v) is 5.57. The number of fused-ring (bicyclic) bond motifs is 1. The molecule has 0 N–H and O–H groups in total. The molecule has 4 rings (SSSR count). The highest BCUT2D eigenvalue weighted by molar-refractivity contribution is 6.30. The highest BCUT2D eigenvalue weighted by atomic mass is 79.9. The van der Waals surface area contributed by atoms with E-state index >= 15 is 0 Å². The molecular weight excluding hydrogens is 467 g/mol. The molecule has 150 valence electrons. The van der Waals surface area contributed by atoms with E-state index in [-0.39, 0.29) is 17.0 Å². The average molecular weight is 490 g/mol. The summed E-state index contributed by atoms with van der Waals surface area (Å²) in [5.41, 5.74) is 5.02. The maximum atomic E-state index is 6.08. The van der Waals surface area contributed by atoms with Crippen LogP contribution in [0.2, 0.25) is 10.0 Å². The van der Waals surface area contributed by atoms with Crippen molar-refractivity contribution in [2.75, 3.05) is 0 Å². The van der Waals surface area contributed by atoms with Crippen LogP contribution in [-0.2, 0) is 19.5 Å². The fraction of sp³-hybridized carbons (Fsp3) is 0.208. The summed E-state index contributed by atoms with van der Waals surface area (Å²) in [6, 6.07) is 24.9. The van der Waals surface area contributed by atoms with Crippen LogP contribution in [0, 0.1) is 0 Å². The molecule has 5 heteroatoms. The number of imidazole rings is 1. The highest BCUT2D eigenvalue weighted by Crippen LogP contribution is 2.20. The van der Waals surface area contributed by atoms with Crippen molar-refractivity contribution in [3.8, 4) is 0 Å². The molecular formula is C24H23BrCl2N2. The third-order valence-electron chi connectivity index (χ3n) is 5.07. The van der Waals surface area contributed by atoms with Crippen molar-refractivity contribution < 1.29 is 21.5 Å². The predicted molar refractivity (Wildman–Crippen MR) is 117 cm³/mol. The topological polar surface area (TPSA) is 8.81 Å². The molecule has 0 fully saturated rings. The largest absolute Gasteiger partial charge is 1.00 e. The smallest absolute Gasteiger partial charge is 0.257 e. The Morgan fingerprint density at radius 2 is 1.38 bits per heavy atom. The van der Waals surface area contributed by atoms with E-state index < -0.39 is 0 Å².